The highest BCUT2D eigenvalue weighted by molar-refractivity contribution is 9.10. The summed E-state index contributed by atoms with van der Waals surface area (Å²) in [5.74, 6) is -1.16. The fourth-order valence-corrected chi connectivity index (χ4v) is 3.79. The summed E-state index contributed by atoms with van der Waals surface area (Å²) in [5.41, 5.74) is 4.34. The van der Waals surface area contributed by atoms with Crippen LogP contribution in [0.4, 0.5) is 5.69 Å². The molecule has 3 rings (SSSR count). The van der Waals surface area contributed by atoms with E-state index in [1.54, 1.807) is 22.9 Å². The van der Waals surface area contributed by atoms with Crippen LogP contribution in [0.15, 0.2) is 46.9 Å². The Balaban J connectivity index is 1.71. The van der Waals surface area contributed by atoms with Crippen molar-refractivity contribution in [2.24, 2.45) is 0 Å². The first kappa shape index (κ1) is 21.1. The number of carboxylic acid groups (broad SMARTS) is 1. The van der Waals surface area contributed by atoms with Gasteiger partial charge >= 0.3 is 5.97 Å². The maximum atomic E-state index is 12.4. The second kappa shape index (κ2) is 8.80. The normalized spacial score (nSPS) is 10.8. The van der Waals surface area contributed by atoms with E-state index >= 15 is 0 Å². The van der Waals surface area contributed by atoms with E-state index in [-0.39, 0.29) is 12.3 Å². The lowest BCUT2D eigenvalue weighted by Crippen LogP contribution is -2.12. The minimum absolute atomic E-state index is 0.0404. The molecule has 6 nitrogen and oxygen atoms in total. The molecule has 150 valence electrons. The molecule has 1 heterocycles. The summed E-state index contributed by atoms with van der Waals surface area (Å²) in [7, 11) is 0. The first-order valence-corrected chi connectivity index (χ1v) is 10.0. The molecule has 0 aliphatic carbocycles. The van der Waals surface area contributed by atoms with Gasteiger partial charge in [-0.1, -0.05) is 39.7 Å². The maximum Gasteiger partial charge on any atom is 0.307 e. The van der Waals surface area contributed by atoms with E-state index < -0.39 is 5.97 Å². The molecule has 0 atom stereocenters. The zero-order chi connectivity index (χ0) is 21.1. The number of aryl methyl sites for hydroxylation is 1. The number of carboxylic acids is 1. The van der Waals surface area contributed by atoms with Gasteiger partial charge in [0, 0.05) is 21.4 Å². The van der Waals surface area contributed by atoms with E-state index in [1.807, 2.05) is 38.1 Å². The summed E-state index contributed by atoms with van der Waals surface area (Å²) in [6, 6.07) is 12.5. The standard InChI is InChI=1S/C21H19BrClN3O3/c1-12-18(10-20(27)28)13(2)26(25-12)11-14-3-6-16(7-4-14)24-21(29)17-8-5-15(22)9-19(17)23/h3-9H,10-11H2,1-2H3,(H,24,29)(H,27,28). The zero-order valence-electron chi connectivity index (χ0n) is 15.9. The van der Waals surface area contributed by atoms with E-state index in [2.05, 4.69) is 26.3 Å². The second-order valence-corrected chi connectivity index (χ2v) is 7.98. The number of hydrogen-bond acceptors (Lipinski definition) is 3. The van der Waals surface area contributed by atoms with Crippen molar-refractivity contribution in [2.75, 3.05) is 5.32 Å². The molecule has 2 aromatic carbocycles. The van der Waals surface area contributed by atoms with Gasteiger partial charge in [-0.3, -0.25) is 14.3 Å². The largest absolute Gasteiger partial charge is 0.481 e. The van der Waals surface area contributed by atoms with Crippen LogP contribution in [-0.2, 0) is 17.8 Å². The molecule has 0 saturated carbocycles. The molecule has 0 aliphatic heterocycles. The molecular formula is C21H19BrClN3O3. The average Bonchev–Trinajstić information content (AvgIpc) is 2.90. The molecule has 8 heteroatoms. The molecule has 0 saturated heterocycles. The smallest absolute Gasteiger partial charge is 0.307 e. The lowest BCUT2D eigenvalue weighted by atomic mass is 10.1. The molecule has 2 N–H and O–H groups in total. The fraction of sp³-hybridized carbons (Fsp3) is 0.190. The molecular weight excluding hydrogens is 458 g/mol. The van der Waals surface area contributed by atoms with Gasteiger partial charge in [-0.05, 0) is 49.7 Å². The lowest BCUT2D eigenvalue weighted by molar-refractivity contribution is -0.136. The topological polar surface area (TPSA) is 84.2 Å². The molecule has 0 fully saturated rings. The monoisotopic (exact) mass is 475 g/mol. The van der Waals surface area contributed by atoms with Crippen molar-refractivity contribution in [3.05, 3.63) is 80.0 Å². The molecule has 0 spiro atoms. The van der Waals surface area contributed by atoms with Crippen molar-refractivity contribution in [2.45, 2.75) is 26.8 Å². The van der Waals surface area contributed by atoms with E-state index in [1.165, 1.54) is 0 Å². The number of nitrogens with one attached hydrogen (secondary N) is 1. The van der Waals surface area contributed by atoms with E-state index in [0.717, 1.165) is 27.0 Å². The van der Waals surface area contributed by atoms with Crippen LogP contribution in [0.5, 0.6) is 0 Å². The maximum absolute atomic E-state index is 12.4. The number of amides is 1. The van der Waals surface area contributed by atoms with Crippen molar-refractivity contribution in [1.29, 1.82) is 0 Å². The summed E-state index contributed by atoms with van der Waals surface area (Å²) in [5, 5.41) is 16.7. The first-order chi connectivity index (χ1) is 13.7. The van der Waals surface area contributed by atoms with Gasteiger partial charge in [0.25, 0.3) is 5.91 Å². The van der Waals surface area contributed by atoms with Crippen molar-refractivity contribution in [1.82, 2.24) is 9.78 Å². The summed E-state index contributed by atoms with van der Waals surface area (Å²) in [6.45, 7) is 4.20. The van der Waals surface area contributed by atoms with Crippen molar-refractivity contribution < 1.29 is 14.7 Å². The number of rotatable bonds is 6. The number of benzene rings is 2. The number of hydrogen-bond donors (Lipinski definition) is 2. The lowest BCUT2D eigenvalue weighted by Gasteiger charge is -2.09. The molecule has 0 unspecified atom stereocenters. The first-order valence-electron chi connectivity index (χ1n) is 8.84. The summed E-state index contributed by atoms with van der Waals surface area (Å²) < 4.78 is 2.60. The van der Waals surface area contributed by atoms with Crippen LogP contribution in [0.25, 0.3) is 0 Å². The molecule has 0 aliphatic rings. The summed E-state index contributed by atoms with van der Waals surface area (Å²) in [4.78, 5) is 23.4. The number of halogens is 2. The number of carbonyl (C=O) groups is 2. The van der Waals surface area contributed by atoms with Crippen LogP contribution in [0.3, 0.4) is 0 Å². The average molecular weight is 477 g/mol. The minimum Gasteiger partial charge on any atom is -0.481 e. The zero-order valence-corrected chi connectivity index (χ0v) is 18.2. The third-order valence-electron chi connectivity index (χ3n) is 4.58. The van der Waals surface area contributed by atoms with Crippen LogP contribution in [0.1, 0.15) is 32.9 Å². The van der Waals surface area contributed by atoms with Gasteiger partial charge in [0.2, 0.25) is 0 Å². The van der Waals surface area contributed by atoms with Crippen molar-refractivity contribution in [3.63, 3.8) is 0 Å². The Morgan fingerprint density at radius 2 is 1.86 bits per heavy atom. The number of nitrogens with zero attached hydrogens (tertiary/aromatic N) is 2. The Bertz CT molecular complexity index is 1080. The highest BCUT2D eigenvalue weighted by Gasteiger charge is 2.15. The second-order valence-electron chi connectivity index (χ2n) is 6.65. The SMILES string of the molecule is Cc1nn(Cc2ccc(NC(=O)c3ccc(Br)cc3Cl)cc2)c(C)c1CC(=O)O. The van der Waals surface area contributed by atoms with Gasteiger partial charge in [0.15, 0.2) is 0 Å². The third kappa shape index (κ3) is 5.05. The van der Waals surface area contributed by atoms with Crippen LogP contribution in [0.2, 0.25) is 5.02 Å². The number of anilines is 1. The van der Waals surface area contributed by atoms with Crippen LogP contribution in [0, 0.1) is 13.8 Å². The van der Waals surface area contributed by atoms with Gasteiger partial charge < -0.3 is 10.4 Å². The van der Waals surface area contributed by atoms with Gasteiger partial charge in [-0.15, -0.1) is 0 Å². The van der Waals surface area contributed by atoms with Gasteiger partial charge in [-0.2, -0.15) is 5.10 Å². The fourth-order valence-electron chi connectivity index (χ4n) is 3.03. The Hall–Kier alpha value is -2.64. The molecule has 0 radical (unpaired) electrons. The minimum atomic E-state index is -0.873. The summed E-state index contributed by atoms with van der Waals surface area (Å²) >= 11 is 9.45. The van der Waals surface area contributed by atoms with Gasteiger partial charge in [-0.25, -0.2) is 0 Å². The number of aliphatic carboxylic acids is 1. The Morgan fingerprint density at radius 3 is 2.48 bits per heavy atom. The van der Waals surface area contributed by atoms with Crippen LogP contribution in [-0.4, -0.2) is 26.8 Å². The van der Waals surface area contributed by atoms with E-state index in [4.69, 9.17) is 16.7 Å². The van der Waals surface area contributed by atoms with E-state index in [0.29, 0.717) is 22.8 Å². The Morgan fingerprint density at radius 1 is 1.17 bits per heavy atom. The highest BCUT2D eigenvalue weighted by atomic mass is 79.9. The van der Waals surface area contributed by atoms with Crippen LogP contribution < -0.4 is 5.32 Å². The molecule has 1 aromatic heterocycles. The predicted octanol–water partition coefficient (Wildman–Crippen LogP) is 4.84. The van der Waals surface area contributed by atoms with Gasteiger partial charge in [0.1, 0.15) is 0 Å². The van der Waals surface area contributed by atoms with Crippen molar-refractivity contribution >= 4 is 45.1 Å². The van der Waals surface area contributed by atoms with Gasteiger partial charge in [0.05, 0.1) is 29.2 Å². The highest BCUT2D eigenvalue weighted by Crippen LogP contribution is 2.23. The Kier molecular flexibility index (Phi) is 6.39. The van der Waals surface area contributed by atoms with Crippen LogP contribution >= 0.6 is 27.5 Å². The quantitative estimate of drug-likeness (QED) is 0.533. The van der Waals surface area contributed by atoms with E-state index in [9.17, 15) is 9.59 Å². The summed E-state index contributed by atoms with van der Waals surface area (Å²) in [6.07, 6.45) is -0.0404. The number of aromatic nitrogens is 2. The molecule has 29 heavy (non-hydrogen) atoms. The Labute approximate surface area is 181 Å². The predicted molar refractivity (Wildman–Crippen MR) is 116 cm³/mol. The third-order valence-corrected chi connectivity index (χ3v) is 5.39. The van der Waals surface area contributed by atoms with Crippen molar-refractivity contribution in [3.8, 4) is 0 Å². The number of carbonyl (C=O) groups excluding carboxylic acids is 1. The molecule has 1 amide bonds. The molecule has 0 bridgehead atoms. The molecule has 3 aromatic rings.